The van der Waals surface area contributed by atoms with Crippen molar-refractivity contribution in [3.05, 3.63) is 47.4 Å². The third-order valence-electron chi connectivity index (χ3n) is 3.47. The average Bonchev–Trinajstić information content (AvgIpc) is 3.22. The molecule has 0 saturated heterocycles. The van der Waals surface area contributed by atoms with Gasteiger partial charge in [0.2, 0.25) is 0 Å². The summed E-state index contributed by atoms with van der Waals surface area (Å²) in [6.45, 7) is 2.34. The predicted octanol–water partition coefficient (Wildman–Crippen LogP) is 2.53. The molecule has 20 heavy (non-hydrogen) atoms. The van der Waals surface area contributed by atoms with Crippen molar-refractivity contribution in [2.45, 2.75) is 32.2 Å². The summed E-state index contributed by atoms with van der Waals surface area (Å²) < 4.78 is 5.51. The number of furan rings is 1. The first-order valence-corrected chi connectivity index (χ1v) is 6.76. The minimum atomic E-state index is -0.0541. The number of nitrogens with zero attached hydrogens (tertiary/aromatic N) is 3. The molecule has 0 radical (unpaired) electrons. The second-order valence-electron chi connectivity index (χ2n) is 5.27. The maximum Gasteiger partial charge on any atom is 0.257 e. The minimum Gasteiger partial charge on any atom is -0.464 e. The van der Waals surface area contributed by atoms with Crippen LogP contribution in [0, 0.1) is 6.92 Å². The zero-order valence-electron chi connectivity index (χ0n) is 11.7. The lowest BCUT2D eigenvalue weighted by Gasteiger charge is -2.17. The van der Waals surface area contributed by atoms with Gasteiger partial charge >= 0.3 is 0 Å². The first kappa shape index (κ1) is 12.8. The average molecular weight is 271 g/mol. The Hall–Kier alpha value is -2.17. The van der Waals surface area contributed by atoms with Gasteiger partial charge in [0.25, 0.3) is 5.91 Å². The lowest BCUT2D eigenvalue weighted by Crippen LogP contribution is -2.27. The molecule has 2 aromatic rings. The van der Waals surface area contributed by atoms with Crippen molar-refractivity contribution in [2.24, 2.45) is 0 Å². The van der Waals surface area contributed by atoms with Crippen molar-refractivity contribution in [2.75, 3.05) is 7.05 Å². The number of carbonyl (C=O) groups excluding carboxylic acids is 1. The summed E-state index contributed by atoms with van der Waals surface area (Å²) in [6, 6.07) is 3.79. The minimum absolute atomic E-state index is 0.0541. The van der Waals surface area contributed by atoms with Crippen molar-refractivity contribution in [3.8, 4) is 0 Å². The fraction of sp³-hybridized carbons (Fsp3) is 0.400. The van der Waals surface area contributed by atoms with Crippen molar-refractivity contribution in [1.29, 1.82) is 0 Å². The van der Waals surface area contributed by atoms with E-state index in [0.717, 1.165) is 30.1 Å². The number of aromatic nitrogens is 2. The lowest BCUT2D eigenvalue weighted by atomic mass is 10.1. The fourth-order valence-corrected chi connectivity index (χ4v) is 2.27. The Balaban J connectivity index is 1.78. The van der Waals surface area contributed by atoms with Crippen LogP contribution in [0.2, 0.25) is 0 Å². The Labute approximate surface area is 117 Å². The van der Waals surface area contributed by atoms with Crippen LogP contribution in [0.5, 0.6) is 0 Å². The molecule has 0 aliphatic heterocycles. The van der Waals surface area contributed by atoms with E-state index in [0.29, 0.717) is 18.0 Å². The molecule has 5 heteroatoms. The van der Waals surface area contributed by atoms with Gasteiger partial charge in [0, 0.05) is 19.2 Å². The van der Waals surface area contributed by atoms with Crippen LogP contribution in [0.1, 0.15) is 46.3 Å². The predicted molar refractivity (Wildman–Crippen MR) is 73.2 cm³/mol. The Bertz CT molecular complexity index is 632. The second-order valence-corrected chi connectivity index (χ2v) is 5.27. The van der Waals surface area contributed by atoms with Crippen molar-refractivity contribution in [3.63, 3.8) is 0 Å². The van der Waals surface area contributed by atoms with E-state index in [-0.39, 0.29) is 5.91 Å². The summed E-state index contributed by atoms with van der Waals surface area (Å²) in [5.41, 5.74) is 1.49. The molecule has 2 heterocycles. The van der Waals surface area contributed by atoms with Crippen molar-refractivity contribution < 1.29 is 9.21 Å². The van der Waals surface area contributed by atoms with Gasteiger partial charge in [-0.2, -0.15) is 0 Å². The molecule has 104 valence electrons. The van der Waals surface area contributed by atoms with Crippen LogP contribution in [-0.4, -0.2) is 27.8 Å². The van der Waals surface area contributed by atoms with E-state index < -0.39 is 0 Å². The molecule has 2 aromatic heterocycles. The smallest absolute Gasteiger partial charge is 0.257 e. The molecular weight excluding hydrogens is 254 g/mol. The van der Waals surface area contributed by atoms with Crippen LogP contribution in [0.15, 0.2) is 29.1 Å². The number of aryl methyl sites for hydroxylation is 1. The third-order valence-corrected chi connectivity index (χ3v) is 3.47. The maximum atomic E-state index is 12.5. The molecule has 0 spiro atoms. The Kier molecular flexibility index (Phi) is 3.26. The molecule has 0 bridgehead atoms. The first-order chi connectivity index (χ1) is 9.65. The molecule has 0 N–H and O–H groups in total. The number of carbonyl (C=O) groups is 1. The fourth-order valence-electron chi connectivity index (χ4n) is 2.27. The normalized spacial score (nSPS) is 14.3. The molecule has 0 aromatic carbocycles. The van der Waals surface area contributed by atoms with Gasteiger partial charge in [0.15, 0.2) is 0 Å². The van der Waals surface area contributed by atoms with E-state index in [9.17, 15) is 4.79 Å². The molecule has 1 fully saturated rings. The van der Waals surface area contributed by atoms with Gasteiger partial charge in [0.1, 0.15) is 17.8 Å². The molecule has 5 nitrogen and oxygen atoms in total. The molecule has 3 rings (SSSR count). The number of hydrogen-bond donors (Lipinski definition) is 0. The largest absolute Gasteiger partial charge is 0.464 e. The number of hydrogen-bond acceptors (Lipinski definition) is 4. The van der Waals surface area contributed by atoms with E-state index in [4.69, 9.17) is 4.42 Å². The standard InChI is InChI=1S/C15H17N3O2/c1-10-3-6-12(20-10)8-18(2)15(19)13-7-16-9-17-14(13)11-4-5-11/h3,6-7,9,11H,4-5,8H2,1-2H3. The summed E-state index contributed by atoms with van der Waals surface area (Å²) in [5.74, 6) is 2.00. The second kappa shape index (κ2) is 5.07. The lowest BCUT2D eigenvalue weighted by molar-refractivity contribution is 0.0773. The Morgan fingerprint density at radius 2 is 2.25 bits per heavy atom. The molecular formula is C15H17N3O2. The number of rotatable bonds is 4. The first-order valence-electron chi connectivity index (χ1n) is 6.76. The van der Waals surface area contributed by atoms with Gasteiger partial charge in [-0.1, -0.05) is 0 Å². The summed E-state index contributed by atoms with van der Waals surface area (Å²) in [7, 11) is 1.77. The highest BCUT2D eigenvalue weighted by atomic mass is 16.3. The summed E-state index contributed by atoms with van der Waals surface area (Å²) in [4.78, 5) is 22.4. The van der Waals surface area contributed by atoms with Gasteiger partial charge in [-0.05, 0) is 31.9 Å². The van der Waals surface area contributed by atoms with Crippen LogP contribution < -0.4 is 0 Å². The van der Waals surface area contributed by atoms with Crippen LogP contribution in [0.25, 0.3) is 0 Å². The van der Waals surface area contributed by atoms with Crippen LogP contribution in [0.4, 0.5) is 0 Å². The van der Waals surface area contributed by atoms with Crippen molar-refractivity contribution in [1.82, 2.24) is 14.9 Å². The molecule has 1 amide bonds. The van der Waals surface area contributed by atoms with E-state index in [1.165, 1.54) is 6.33 Å². The maximum absolute atomic E-state index is 12.5. The van der Waals surface area contributed by atoms with Crippen molar-refractivity contribution >= 4 is 5.91 Å². The third kappa shape index (κ3) is 2.57. The van der Waals surface area contributed by atoms with Gasteiger partial charge in [-0.25, -0.2) is 9.97 Å². The highest BCUT2D eigenvalue weighted by molar-refractivity contribution is 5.95. The van der Waals surface area contributed by atoms with Crippen LogP contribution in [0.3, 0.4) is 0 Å². The van der Waals surface area contributed by atoms with E-state index >= 15 is 0 Å². The quantitative estimate of drug-likeness (QED) is 0.857. The summed E-state index contributed by atoms with van der Waals surface area (Å²) in [5, 5.41) is 0. The molecule has 1 saturated carbocycles. The Morgan fingerprint density at radius 3 is 2.90 bits per heavy atom. The van der Waals surface area contributed by atoms with E-state index in [1.54, 1.807) is 18.1 Å². The van der Waals surface area contributed by atoms with Gasteiger partial charge < -0.3 is 9.32 Å². The van der Waals surface area contributed by atoms with Gasteiger partial charge in [-0.15, -0.1) is 0 Å². The van der Waals surface area contributed by atoms with Crippen LogP contribution in [-0.2, 0) is 6.54 Å². The SMILES string of the molecule is Cc1ccc(CN(C)C(=O)c2cncnc2C2CC2)o1. The summed E-state index contributed by atoms with van der Waals surface area (Å²) in [6.07, 6.45) is 5.35. The van der Waals surface area contributed by atoms with Gasteiger partial charge in [-0.3, -0.25) is 4.79 Å². The molecule has 0 atom stereocenters. The zero-order valence-corrected chi connectivity index (χ0v) is 11.7. The molecule has 0 unspecified atom stereocenters. The Morgan fingerprint density at radius 1 is 1.45 bits per heavy atom. The topological polar surface area (TPSA) is 59.2 Å². The zero-order chi connectivity index (χ0) is 14.1. The molecule has 1 aliphatic carbocycles. The van der Waals surface area contributed by atoms with E-state index in [2.05, 4.69) is 9.97 Å². The summed E-state index contributed by atoms with van der Waals surface area (Å²) >= 11 is 0. The monoisotopic (exact) mass is 271 g/mol. The highest BCUT2D eigenvalue weighted by Gasteiger charge is 2.30. The number of amides is 1. The highest BCUT2D eigenvalue weighted by Crippen LogP contribution is 2.40. The molecule has 1 aliphatic rings. The van der Waals surface area contributed by atoms with Crippen LogP contribution >= 0.6 is 0 Å². The van der Waals surface area contributed by atoms with Gasteiger partial charge in [0.05, 0.1) is 17.8 Å². The van der Waals surface area contributed by atoms with E-state index in [1.807, 2.05) is 19.1 Å².